The van der Waals surface area contributed by atoms with Gasteiger partial charge in [0.1, 0.15) is 31.0 Å². The van der Waals surface area contributed by atoms with Gasteiger partial charge in [-0.3, -0.25) is 4.98 Å². The summed E-state index contributed by atoms with van der Waals surface area (Å²) in [7, 11) is 0. The second-order valence-corrected chi connectivity index (χ2v) is 6.74. The molecular weight excluding hydrogens is 350 g/mol. The van der Waals surface area contributed by atoms with Crippen molar-refractivity contribution in [1.82, 2.24) is 4.98 Å². The minimum Gasteiger partial charge on any atom is -0.475 e. The molecule has 3 heterocycles. The second kappa shape index (κ2) is 7.27. The van der Waals surface area contributed by atoms with Crippen molar-refractivity contribution in [3.8, 4) is 0 Å². The molecule has 0 spiro atoms. The van der Waals surface area contributed by atoms with Gasteiger partial charge in [-0.15, -0.1) is 0 Å². The Hall–Kier alpha value is -3.47. The maximum atomic E-state index is 5.92. The molecule has 5 rings (SSSR count). The lowest BCUT2D eigenvalue weighted by Gasteiger charge is -2.07. The SMILES string of the molecule is c1ccc([C@H]2COC(c3cccnc3C3=N[C@@H](c4ccccc4)CO3)=N2)cc1. The highest BCUT2D eigenvalue weighted by Gasteiger charge is 2.29. The fourth-order valence-electron chi connectivity index (χ4n) is 3.46. The lowest BCUT2D eigenvalue weighted by Crippen LogP contribution is -2.13. The van der Waals surface area contributed by atoms with Crippen molar-refractivity contribution >= 4 is 11.8 Å². The molecule has 0 radical (unpaired) electrons. The molecule has 0 fully saturated rings. The van der Waals surface area contributed by atoms with Gasteiger partial charge < -0.3 is 9.47 Å². The van der Waals surface area contributed by atoms with Crippen molar-refractivity contribution in [2.45, 2.75) is 12.1 Å². The van der Waals surface area contributed by atoms with Crippen LogP contribution in [0.15, 0.2) is 89.0 Å². The Kier molecular flexibility index (Phi) is 4.33. The first-order chi connectivity index (χ1) is 13.9. The van der Waals surface area contributed by atoms with E-state index in [1.165, 1.54) is 0 Å². The Labute approximate surface area is 163 Å². The highest BCUT2D eigenvalue weighted by atomic mass is 16.5. The van der Waals surface area contributed by atoms with Crippen LogP contribution in [0.1, 0.15) is 34.5 Å². The van der Waals surface area contributed by atoms with Crippen LogP contribution in [0.2, 0.25) is 0 Å². The highest BCUT2D eigenvalue weighted by molar-refractivity contribution is 6.06. The first-order valence-electron chi connectivity index (χ1n) is 9.35. The van der Waals surface area contributed by atoms with Crippen LogP contribution < -0.4 is 0 Å². The summed E-state index contributed by atoms with van der Waals surface area (Å²) in [6, 6.07) is 24.1. The third-order valence-corrected chi connectivity index (χ3v) is 4.91. The molecule has 2 atom stereocenters. The number of pyridine rings is 1. The third-order valence-electron chi connectivity index (χ3n) is 4.91. The lowest BCUT2D eigenvalue weighted by molar-refractivity contribution is 0.315. The zero-order chi connectivity index (χ0) is 18.8. The number of hydrogen-bond acceptors (Lipinski definition) is 5. The van der Waals surface area contributed by atoms with Gasteiger partial charge in [-0.2, -0.15) is 0 Å². The fourth-order valence-corrected chi connectivity index (χ4v) is 3.46. The Morgan fingerprint density at radius 1 is 0.643 bits per heavy atom. The smallest absolute Gasteiger partial charge is 0.236 e. The van der Waals surface area contributed by atoms with Gasteiger partial charge in [-0.05, 0) is 23.3 Å². The van der Waals surface area contributed by atoms with Crippen LogP contribution >= 0.6 is 0 Å². The second-order valence-electron chi connectivity index (χ2n) is 6.74. The molecule has 0 N–H and O–H groups in total. The van der Waals surface area contributed by atoms with E-state index in [9.17, 15) is 0 Å². The van der Waals surface area contributed by atoms with Crippen molar-refractivity contribution < 1.29 is 9.47 Å². The molecule has 5 nitrogen and oxygen atoms in total. The van der Waals surface area contributed by atoms with Gasteiger partial charge in [0, 0.05) is 6.20 Å². The van der Waals surface area contributed by atoms with Gasteiger partial charge in [0.15, 0.2) is 0 Å². The Bertz CT molecular complexity index is 947. The molecule has 0 aliphatic carbocycles. The maximum absolute atomic E-state index is 5.92. The first-order valence-corrected chi connectivity index (χ1v) is 9.35. The summed E-state index contributed by atoms with van der Waals surface area (Å²) < 4.78 is 11.8. The van der Waals surface area contributed by atoms with Crippen molar-refractivity contribution in [1.29, 1.82) is 0 Å². The molecule has 2 aliphatic rings. The van der Waals surface area contributed by atoms with Gasteiger partial charge in [0.05, 0.1) is 5.56 Å². The summed E-state index contributed by atoms with van der Waals surface area (Å²) >= 11 is 0. The number of hydrogen-bond donors (Lipinski definition) is 0. The van der Waals surface area contributed by atoms with E-state index in [-0.39, 0.29) is 12.1 Å². The van der Waals surface area contributed by atoms with E-state index in [0.717, 1.165) is 16.7 Å². The summed E-state index contributed by atoms with van der Waals surface area (Å²) in [5.74, 6) is 1.13. The minimum absolute atomic E-state index is 0.00671. The average molecular weight is 369 g/mol. The van der Waals surface area contributed by atoms with Crippen molar-refractivity contribution in [3.63, 3.8) is 0 Å². The summed E-state index contributed by atoms with van der Waals surface area (Å²) in [5, 5.41) is 0. The maximum Gasteiger partial charge on any atom is 0.236 e. The van der Waals surface area contributed by atoms with Crippen molar-refractivity contribution in [3.05, 3.63) is 101 Å². The zero-order valence-electron chi connectivity index (χ0n) is 15.2. The van der Waals surface area contributed by atoms with E-state index in [1.54, 1.807) is 6.20 Å². The van der Waals surface area contributed by atoms with E-state index in [0.29, 0.717) is 30.7 Å². The van der Waals surface area contributed by atoms with Gasteiger partial charge in [-0.25, -0.2) is 9.98 Å². The molecule has 0 amide bonds. The molecule has 0 bridgehead atoms. The molecular formula is C23H19N3O2. The van der Waals surface area contributed by atoms with Crippen LogP contribution in [0, 0.1) is 0 Å². The van der Waals surface area contributed by atoms with Gasteiger partial charge in [-0.1, -0.05) is 60.7 Å². The standard InChI is InChI=1S/C23H19N3O2/c1-3-8-16(9-4-1)19-14-27-22(25-19)18-12-7-13-24-21(18)23-26-20(15-28-23)17-10-5-2-6-11-17/h1-13,19-20H,14-15H2/t19-,20-/m1/s1. The molecule has 5 heteroatoms. The number of aromatic nitrogens is 1. The molecule has 2 aromatic carbocycles. The van der Waals surface area contributed by atoms with Gasteiger partial charge in [0.25, 0.3) is 0 Å². The third kappa shape index (κ3) is 3.16. The van der Waals surface area contributed by atoms with Crippen LogP contribution in [-0.2, 0) is 9.47 Å². The van der Waals surface area contributed by atoms with Gasteiger partial charge in [0.2, 0.25) is 11.8 Å². The van der Waals surface area contributed by atoms with Gasteiger partial charge >= 0.3 is 0 Å². The lowest BCUT2D eigenvalue weighted by atomic mass is 10.1. The summed E-state index contributed by atoms with van der Waals surface area (Å²) in [6.07, 6.45) is 1.74. The molecule has 3 aromatic rings. The van der Waals surface area contributed by atoms with E-state index in [4.69, 9.17) is 19.5 Å². The van der Waals surface area contributed by atoms with Crippen LogP contribution in [0.5, 0.6) is 0 Å². The molecule has 138 valence electrons. The predicted molar refractivity (Wildman–Crippen MR) is 108 cm³/mol. The number of aliphatic imine (C=N–C) groups is 2. The molecule has 0 saturated heterocycles. The number of benzene rings is 2. The first kappa shape index (κ1) is 16.7. The van der Waals surface area contributed by atoms with Crippen LogP contribution in [0.4, 0.5) is 0 Å². The fraction of sp³-hybridized carbons (Fsp3) is 0.174. The summed E-state index contributed by atoms with van der Waals surface area (Å²) in [6.45, 7) is 1.03. The number of ether oxygens (including phenoxy) is 2. The topological polar surface area (TPSA) is 56.1 Å². The summed E-state index contributed by atoms with van der Waals surface area (Å²) in [5.41, 5.74) is 3.76. The predicted octanol–water partition coefficient (Wildman–Crippen LogP) is 4.12. The van der Waals surface area contributed by atoms with E-state index in [1.807, 2.05) is 48.5 Å². The normalized spacial score (nSPS) is 20.9. The van der Waals surface area contributed by atoms with E-state index >= 15 is 0 Å². The average Bonchev–Trinajstić information content (AvgIpc) is 3.45. The Balaban J connectivity index is 1.46. The molecule has 1 aromatic heterocycles. The minimum atomic E-state index is -0.0189. The largest absolute Gasteiger partial charge is 0.475 e. The molecule has 0 unspecified atom stereocenters. The van der Waals surface area contributed by atoms with Crippen LogP contribution in [0.25, 0.3) is 0 Å². The van der Waals surface area contributed by atoms with Crippen molar-refractivity contribution in [2.75, 3.05) is 13.2 Å². The Morgan fingerprint density at radius 2 is 1.21 bits per heavy atom. The quantitative estimate of drug-likeness (QED) is 0.695. The van der Waals surface area contributed by atoms with E-state index < -0.39 is 0 Å². The van der Waals surface area contributed by atoms with Crippen LogP contribution in [-0.4, -0.2) is 30.0 Å². The highest BCUT2D eigenvalue weighted by Crippen LogP contribution is 2.28. The van der Waals surface area contributed by atoms with Crippen LogP contribution in [0.3, 0.4) is 0 Å². The number of nitrogens with zero attached hydrogens (tertiary/aromatic N) is 3. The summed E-state index contributed by atoms with van der Waals surface area (Å²) in [4.78, 5) is 14.1. The molecule has 0 saturated carbocycles. The van der Waals surface area contributed by atoms with E-state index in [2.05, 4.69) is 29.2 Å². The van der Waals surface area contributed by atoms with Crippen molar-refractivity contribution in [2.24, 2.45) is 9.98 Å². The number of rotatable bonds is 4. The molecule has 28 heavy (non-hydrogen) atoms. The zero-order valence-corrected chi connectivity index (χ0v) is 15.2. The Morgan fingerprint density at radius 3 is 1.86 bits per heavy atom. The monoisotopic (exact) mass is 369 g/mol. The molecule has 2 aliphatic heterocycles.